The minimum absolute atomic E-state index is 0.0182. The Morgan fingerprint density at radius 3 is 2.67 bits per heavy atom. The number of carbonyl (C=O) groups is 4. The van der Waals surface area contributed by atoms with Gasteiger partial charge in [-0.25, -0.2) is 18.2 Å². The second kappa shape index (κ2) is 14.3. The standard InChI is InChI=1S/C35H45N5O10S/c1-34(2,3)50-33(44)37-27-20-48-15-7-5-6-8-22-18-35(22,32(43)39-51(45,46)25-10-11-25)38-29(41)28-17-24(19-40(28)31(27)42)49-30-26-12-9-23(47-4)16-21(26)13-14-36-30/h6,8-9,12-14,16,22,24-25,27-28H,5,7,10-11,15,17-20H2,1-4H3,(H,37,44)(H,38,41)(H,39,43)/t22-,24?,27+,28+,35-/m1/s1. The summed E-state index contributed by atoms with van der Waals surface area (Å²) in [7, 11) is -2.33. The van der Waals surface area contributed by atoms with Gasteiger partial charge in [0.15, 0.2) is 0 Å². The molecule has 1 saturated heterocycles. The summed E-state index contributed by atoms with van der Waals surface area (Å²) in [4.78, 5) is 60.8. The molecule has 2 aliphatic carbocycles. The van der Waals surface area contributed by atoms with Gasteiger partial charge in [-0.1, -0.05) is 12.2 Å². The van der Waals surface area contributed by atoms with Crippen molar-refractivity contribution in [1.29, 1.82) is 0 Å². The van der Waals surface area contributed by atoms with E-state index in [1.54, 1.807) is 52.3 Å². The average Bonchev–Trinajstić information content (AvgIpc) is 3.99. The van der Waals surface area contributed by atoms with Gasteiger partial charge < -0.3 is 34.5 Å². The zero-order valence-electron chi connectivity index (χ0n) is 29.2. The van der Waals surface area contributed by atoms with Crippen molar-refractivity contribution in [3.05, 3.63) is 42.6 Å². The lowest BCUT2D eigenvalue weighted by molar-refractivity contribution is -0.142. The van der Waals surface area contributed by atoms with Gasteiger partial charge in [-0.15, -0.1) is 0 Å². The maximum absolute atomic E-state index is 14.3. The van der Waals surface area contributed by atoms with Crippen LogP contribution in [0.2, 0.25) is 0 Å². The molecule has 1 aromatic heterocycles. The molecule has 0 bridgehead atoms. The molecule has 6 rings (SSSR count). The number of benzene rings is 1. The molecule has 2 saturated carbocycles. The number of carbonyl (C=O) groups excluding carboxylic acids is 4. The number of nitrogens with zero attached hydrogens (tertiary/aromatic N) is 2. The summed E-state index contributed by atoms with van der Waals surface area (Å²) in [6, 6.07) is 4.85. The Morgan fingerprint density at radius 1 is 1.16 bits per heavy atom. The topological polar surface area (TPSA) is 192 Å². The Labute approximate surface area is 296 Å². The van der Waals surface area contributed by atoms with Crippen molar-refractivity contribution in [3.63, 3.8) is 0 Å². The largest absolute Gasteiger partial charge is 0.497 e. The summed E-state index contributed by atoms with van der Waals surface area (Å²) in [5.41, 5.74) is -2.36. The number of aromatic nitrogens is 1. The summed E-state index contributed by atoms with van der Waals surface area (Å²) in [5, 5.41) is 6.31. The van der Waals surface area contributed by atoms with Crippen LogP contribution in [0, 0.1) is 5.92 Å². The molecule has 0 spiro atoms. The van der Waals surface area contributed by atoms with Gasteiger partial charge in [-0.2, -0.15) is 0 Å². The average molecular weight is 728 g/mol. The highest BCUT2D eigenvalue weighted by Gasteiger charge is 2.62. The lowest BCUT2D eigenvalue weighted by atomic mass is 10.1. The van der Waals surface area contributed by atoms with E-state index in [-0.39, 0.29) is 38.5 Å². The van der Waals surface area contributed by atoms with Gasteiger partial charge in [0.1, 0.15) is 35.1 Å². The number of alkyl carbamates (subject to hydrolysis) is 1. The highest BCUT2D eigenvalue weighted by molar-refractivity contribution is 7.91. The smallest absolute Gasteiger partial charge is 0.408 e. The van der Waals surface area contributed by atoms with Gasteiger partial charge in [0.2, 0.25) is 27.7 Å². The van der Waals surface area contributed by atoms with Crippen LogP contribution in [0.25, 0.3) is 10.8 Å². The van der Waals surface area contributed by atoms with Gasteiger partial charge in [0, 0.05) is 30.5 Å². The first-order valence-corrected chi connectivity index (χ1v) is 18.8. The predicted octanol–water partition coefficient (Wildman–Crippen LogP) is 2.33. The van der Waals surface area contributed by atoms with Crippen LogP contribution in [0.15, 0.2) is 42.6 Å². The first kappa shape index (κ1) is 36.4. The number of fused-ring (bicyclic) bond motifs is 3. The summed E-state index contributed by atoms with van der Waals surface area (Å²) >= 11 is 0. The van der Waals surface area contributed by atoms with E-state index in [0.29, 0.717) is 36.8 Å². The van der Waals surface area contributed by atoms with E-state index in [2.05, 4.69) is 20.3 Å². The third kappa shape index (κ3) is 8.38. The SMILES string of the molecule is COc1ccc2c(OC3C[C@H]4C(=O)N[C@]5(C(=O)NS(=O)(=O)C6CC6)C[C@H]5C=CCCCOC[C@H](NC(=O)OC(C)(C)C)C(=O)N4C3)nccc2c1. The number of sulfonamides is 1. The van der Waals surface area contributed by atoms with Crippen molar-refractivity contribution >= 4 is 44.6 Å². The Bertz CT molecular complexity index is 1820. The first-order valence-electron chi connectivity index (χ1n) is 17.2. The Morgan fingerprint density at radius 2 is 1.94 bits per heavy atom. The monoisotopic (exact) mass is 727 g/mol. The molecular formula is C35H45N5O10S. The Kier molecular flexibility index (Phi) is 10.2. The van der Waals surface area contributed by atoms with E-state index in [4.69, 9.17) is 18.9 Å². The van der Waals surface area contributed by atoms with E-state index < -0.39 is 74.3 Å². The first-order chi connectivity index (χ1) is 24.2. The van der Waals surface area contributed by atoms with E-state index in [9.17, 15) is 27.6 Å². The van der Waals surface area contributed by atoms with Crippen LogP contribution >= 0.6 is 0 Å². The Balaban J connectivity index is 1.30. The van der Waals surface area contributed by atoms with Crippen LogP contribution in [0.3, 0.4) is 0 Å². The minimum Gasteiger partial charge on any atom is -0.497 e. The van der Waals surface area contributed by atoms with Gasteiger partial charge >= 0.3 is 6.09 Å². The number of pyridine rings is 1. The van der Waals surface area contributed by atoms with Crippen LogP contribution in [-0.4, -0.2) is 104 Å². The fourth-order valence-electron chi connectivity index (χ4n) is 6.44. The van der Waals surface area contributed by atoms with Gasteiger partial charge in [-0.3, -0.25) is 19.1 Å². The molecule has 3 heterocycles. The quantitative estimate of drug-likeness (QED) is 0.355. The van der Waals surface area contributed by atoms with Gasteiger partial charge in [0.05, 0.1) is 25.5 Å². The lowest BCUT2D eigenvalue weighted by Gasteiger charge is -2.30. The molecule has 0 radical (unpaired) electrons. The summed E-state index contributed by atoms with van der Waals surface area (Å²) in [6.45, 7) is 5.12. The van der Waals surface area contributed by atoms with Crippen molar-refractivity contribution in [3.8, 4) is 11.6 Å². The van der Waals surface area contributed by atoms with Crippen LogP contribution in [0.5, 0.6) is 11.6 Å². The summed E-state index contributed by atoms with van der Waals surface area (Å²) in [6.07, 6.45) is 5.98. The number of methoxy groups -OCH3 is 1. The van der Waals surface area contributed by atoms with Gasteiger partial charge in [-0.05, 0) is 82.5 Å². The zero-order chi connectivity index (χ0) is 36.6. The zero-order valence-corrected chi connectivity index (χ0v) is 30.0. The fourth-order valence-corrected chi connectivity index (χ4v) is 7.80. The molecule has 2 aromatic rings. The summed E-state index contributed by atoms with van der Waals surface area (Å²) < 4.78 is 50.7. The van der Waals surface area contributed by atoms with Crippen molar-refractivity contribution in [2.24, 2.45) is 5.92 Å². The number of amides is 4. The van der Waals surface area contributed by atoms with Crippen molar-refractivity contribution in [1.82, 2.24) is 25.2 Å². The van der Waals surface area contributed by atoms with Crippen molar-refractivity contribution < 1.29 is 46.5 Å². The number of rotatable bonds is 7. The predicted molar refractivity (Wildman–Crippen MR) is 184 cm³/mol. The normalized spacial score (nSPS) is 27.3. The number of hydrogen-bond acceptors (Lipinski definition) is 11. The highest BCUT2D eigenvalue weighted by atomic mass is 32.2. The number of hydrogen-bond donors (Lipinski definition) is 3. The summed E-state index contributed by atoms with van der Waals surface area (Å²) in [5.74, 6) is -1.61. The highest BCUT2D eigenvalue weighted by Crippen LogP contribution is 2.46. The van der Waals surface area contributed by atoms with Gasteiger partial charge in [0.25, 0.3) is 5.91 Å². The molecule has 4 aliphatic rings. The molecule has 2 aliphatic heterocycles. The minimum atomic E-state index is -3.90. The molecular weight excluding hydrogens is 682 g/mol. The van der Waals surface area contributed by atoms with Crippen LogP contribution in [0.1, 0.15) is 59.3 Å². The van der Waals surface area contributed by atoms with Crippen LogP contribution in [0.4, 0.5) is 4.79 Å². The van der Waals surface area contributed by atoms with Crippen LogP contribution in [-0.2, 0) is 33.9 Å². The fraction of sp³-hybridized carbons (Fsp3) is 0.571. The number of allylic oxidation sites excluding steroid dienone is 1. The van der Waals surface area contributed by atoms with E-state index in [1.165, 1.54) is 4.90 Å². The third-order valence-corrected chi connectivity index (χ3v) is 11.1. The molecule has 3 fully saturated rings. The van der Waals surface area contributed by atoms with Crippen molar-refractivity contribution in [2.45, 2.75) is 93.9 Å². The number of ether oxygens (including phenoxy) is 4. The molecule has 1 aromatic carbocycles. The molecule has 5 atom stereocenters. The van der Waals surface area contributed by atoms with E-state index in [0.717, 1.165) is 5.39 Å². The molecule has 4 amide bonds. The molecule has 1 unspecified atom stereocenters. The maximum Gasteiger partial charge on any atom is 0.408 e. The lowest BCUT2D eigenvalue weighted by Crippen LogP contribution is -2.59. The molecule has 276 valence electrons. The third-order valence-electron chi connectivity index (χ3n) is 9.33. The van der Waals surface area contributed by atoms with Crippen molar-refractivity contribution in [2.75, 3.05) is 26.9 Å². The Hall–Kier alpha value is -4.44. The van der Waals surface area contributed by atoms with E-state index in [1.807, 2.05) is 18.2 Å². The molecule has 16 heteroatoms. The second-order valence-electron chi connectivity index (χ2n) is 14.5. The van der Waals surface area contributed by atoms with Crippen LogP contribution < -0.4 is 24.8 Å². The molecule has 15 nitrogen and oxygen atoms in total. The second-order valence-corrected chi connectivity index (χ2v) is 16.4. The molecule has 3 N–H and O–H groups in total. The molecule has 51 heavy (non-hydrogen) atoms. The maximum atomic E-state index is 14.3. The number of nitrogens with one attached hydrogen (secondary N) is 3. The van der Waals surface area contributed by atoms with E-state index >= 15 is 0 Å².